The van der Waals surface area contributed by atoms with Gasteiger partial charge in [-0.25, -0.2) is 0 Å². The molecule has 0 aromatic heterocycles. The Bertz CT molecular complexity index is 868. The maximum Gasteiger partial charge on any atom is 3.00 e. The van der Waals surface area contributed by atoms with E-state index in [1.54, 1.807) is 36.4 Å². The van der Waals surface area contributed by atoms with Crippen LogP contribution in [-0.4, -0.2) is 83.4 Å². The summed E-state index contributed by atoms with van der Waals surface area (Å²) in [6.07, 6.45) is 2.80. The maximum atomic E-state index is 12.0. The van der Waals surface area contributed by atoms with E-state index in [1.165, 1.54) is 26.6 Å². The number of benzene rings is 2. The van der Waals surface area contributed by atoms with E-state index >= 15 is 0 Å². The average molecular weight is 727 g/mol. The fourth-order valence-corrected chi connectivity index (χ4v) is 2.50. The van der Waals surface area contributed by atoms with E-state index in [2.05, 4.69) is 9.98 Å². The van der Waals surface area contributed by atoms with Crippen LogP contribution in [0.3, 0.4) is 0 Å². The summed E-state index contributed by atoms with van der Waals surface area (Å²) in [6, 6.07) is 9.92. The molecular formula is C26H37BrMn2N2O10. The third-order valence-electron chi connectivity index (χ3n) is 4.08. The molecule has 0 bridgehead atoms. The van der Waals surface area contributed by atoms with Crippen molar-refractivity contribution in [3.8, 4) is 23.0 Å². The summed E-state index contributed by atoms with van der Waals surface area (Å²) in [5.74, 6) is -1.00. The van der Waals surface area contributed by atoms with Gasteiger partial charge in [-0.1, -0.05) is 35.8 Å². The molecule has 0 aliphatic heterocycles. The first-order valence-corrected chi connectivity index (χ1v) is 11.1. The molecule has 12 nitrogen and oxygen atoms in total. The van der Waals surface area contributed by atoms with Crippen LogP contribution in [0.5, 0.6) is 23.0 Å². The van der Waals surface area contributed by atoms with Crippen LogP contribution in [0.15, 0.2) is 46.4 Å². The summed E-state index contributed by atoms with van der Waals surface area (Å²) in [5, 5.41) is 67.0. The molecule has 0 saturated heterocycles. The second-order valence-electron chi connectivity index (χ2n) is 6.52. The van der Waals surface area contributed by atoms with E-state index < -0.39 is 12.1 Å². The summed E-state index contributed by atoms with van der Waals surface area (Å²) < 4.78 is 9.95. The summed E-state index contributed by atoms with van der Waals surface area (Å²) in [6.45, 7) is 1.63. The van der Waals surface area contributed by atoms with Crippen molar-refractivity contribution in [1.29, 1.82) is 0 Å². The van der Waals surface area contributed by atoms with Crippen molar-refractivity contribution in [3.05, 3.63) is 47.5 Å². The van der Waals surface area contributed by atoms with Gasteiger partial charge in [0.2, 0.25) is 0 Å². The summed E-state index contributed by atoms with van der Waals surface area (Å²) in [7, 11) is 5.63. The number of nitrogens with zero attached hydrogens (tertiary/aromatic N) is 2. The minimum atomic E-state index is -1.08. The Balaban J connectivity index is -0.000000209. The molecule has 0 radical (unpaired) electrons. The average Bonchev–Trinajstić information content (AvgIpc) is 2.93. The Morgan fingerprint density at radius 3 is 1.39 bits per heavy atom. The Kier molecular flexibility index (Phi) is 45.0. The summed E-state index contributed by atoms with van der Waals surface area (Å²) in [5.41, 5.74) is 0.858. The molecule has 2 aromatic rings. The van der Waals surface area contributed by atoms with Crippen LogP contribution in [0.1, 0.15) is 30.9 Å². The monoisotopic (exact) mass is 726 g/mol. The van der Waals surface area contributed by atoms with Gasteiger partial charge in [-0.15, -0.1) is 6.10 Å². The van der Waals surface area contributed by atoms with Crippen molar-refractivity contribution < 1.29 is 101 Å². The number of hydrogen-bond donors (Lipinski definition) is 2. The molecule has 0 heterocycles. The summed E-state index contributed by atoms with van der Waals surface area (Å²) >= 11 is 0. The van der Waals surface area contributed by atoms with Gasteiger partial charge in [0, 0.05) is 45.7 Å². The van der Waals surface area contributed by atoms with Gasteiger partial charge in [0.1, 0.15) is 11.5 Å². The van der Waals surface area contributed by atoms with Gasteiger partial charge in [-0.05, 0) is 43.0 Å². The van der Waals surface area contributed by atoms with E-state index in [0.717, 1.165) is 28.3 Å². The topological polar surface area (TPSA) is 216 Å². The van der Waals surface area contributed by atoms with Crippen LogP contribution in [0.25, 0.3) is 0 Å². The van der Waals surface area contributed by atoms with E-state index in [9.17, 15) is 15.3 Å². The number of carboxylic acids is 1. The second-order valence-corrected chi connectivity index (χ2v) is 6.52. The third kappa shape index (κ3) is 25.3. The van der Waals surface area contributed by atoms with Crippen LogP contribution in [-0.2, 0) is 38.9 Å². The van der Waals surface area contributed by atoms with Crippen molar-refractivity contribution in [3.63, 3.8) is 0 Å². The zero-order chi connectivity index (χ0) is 29.9. The number of aliphatic carboxylic acids is 1. The van der Waals surface area contributed by atoms with Gasteiger partial charge in [0.05, 0.1) is 14.2 Å². The zero-order valence-electron chi connectivity index (χ0n) is 23.7. The maximum absolute atomic E-state index is 12.0. The minimum Gasteiger partial charge on any atom is -1.00 e. The van der Waals surface area contributed by atoms with Crippen LogP contribution >= 0.6 is 0 Å². The molecule has 232 valence electrons. The normalized spacial score (nSPS) is 9.61. The predicted octanol–water partition coefficient (Wildman–Crippen LogP) is -5.15. The standard InChI is InChI=1S/C21H25N2O5.C2H4O2.2CH4O.CH3O.BrH.2Mn/c1-27-18-7-3-5-15(20(18)25)13-22-11-9-17(24)10-12-23-14-16-6-4-8-19(28-2)21(16)26;1-2(3)4;3*1-2;;;/h3-8,13-14,17,25-26H,9-12H2,1-2H3;1H3,(H,3,4);2*2H,1H3;1H3;1H;;/q-1;;;;-1;;2*+3/p-4. The summed E-state index contributed by atoms with van der Waals surface area (Å²) in [4.78, 5) is 17.2. The fraction of sp³-hybridized carbons (Fsp3) is 0.423. The molecule has 2 N–H and O–H groups in total. The molecule has 41 heavy (non-hydrogen) atoms. The van der Waals surface area contributed by atoms with Crippen LogP contribution in [0.2, 0.25) is 0 Å². The van der Waals surface area contributed by atoms with Gasteiger partial charge in [0.15, 0.2) is 0 Å². The number of carbonyl (C=O) groups is 1. The molecule has 0 fully saturated rings. The number of carboxylic acid groups (broad SMARTS) is 1. The van der Waals surface area contributed by atoms with E-state index in [-0.39, 0.29) is 74.1 Å². The molecule has 2 aromatic carbocycles. The molecule has 0 aliphatic carbocycles. The Hall–Kier alpha value is -2.19. The van der Waals surface area contributed by atoms with Crippen molar-refractivity contribution in [2.75, 3.05) is 48.6 Å². The molecular weight excluding hydrogens is 690 g/mol. The molecule has 0 aliphatic rings. The number of aliphatic hydroxyl groups is 2. The smallest absolute Gasteiger partial charge is 1.00 e. The molecule has 2 rings (SSSR count). The van der Waals surface area contributed by atoms with Crippen molar-refractivity contribution in [2.45, 2.75) is 25.9 Å². The SMILES string of the molecule is CC(=O)[O-].CO.CO.COc1cccc(C=NCCC([O-])CCN=Cc2cccc(OC)c2[O-])c1[O-].C[O-].[Br-].[Mn+3].[Mn+3]. The van der Waals surface area contributed by atoms with E-state index in [4.69, 9.17) is 34.7 Å². The van der Waals surface area contributed by atoms with Crippen molar-refractivity contribution in [2.24, 2.45) is 9.98 Å². The Morgan fingerprint density at radius 2 is 1.12 bits per heavy atom. The number of halogens is 1. The minimum absolute atomic E-state index is 0. The Labute approximate surface area is 273 Å². The van der Waals surface area contributed by atoms with E-state index in [1.807, 2.05) is 0 Å². The molecule has 0 amide bonds. The predicted molar refractivity (Wildman–Crippen MR) is 136 cm³/mol. The largest absolute Gasteiger partial charge is 3.00 e. The fourth-order valence-electron chi connectivity index (χ4n) is 2.50. The van der Waals surface area contributed by atoms with Gasteiger partial charge in [0.25, 0.3) is 0 Å². The number of ether oxygens (including phenoxy) is 2. The molecule has 0 unspecified atom stereocenters. The van der Waals surface area contributed by atoms with Gasteiger partial charge >= 0.3 is 34.1 Å². The number of para-hydroxylation sites is 2. The first-order valence-electron chi connectivity index (χ1n) is 11.1. The molecule has 0 spiro atoms. The van der Waals surface area contributed by atoms with Gasteiger partial charge < -0.3 is 67.0 Å². The second kappa shape index (κ2) is 35.8. The number of aliphatic imine (C=N–C) groups is 2. The van der Waals surface area contributed by atoms with Gasteiger partial charge in [-0.2, -0.15) is 7.11 Å². The Morgan fingerprint density at radius 1 is 0.829 bits per heavy atom. The quantitative estimate of drug-likeness (QED) is 0.175. The molecule has 0 atom stereocenters. The van der Waals surface area contributed by atoms with Crippen LogP contribution in [0.4, 0.5) is 0 Å². The molecule has 15 heteroatoms. The molecule has 0 saturated carbocycles. The first kappa shape index (κ1) is 51.5. The number of methoxy groups -OCH3 is 2. The van der Waals surface area contributed by atoms with Crippen molar-refractivity contribution in [1.82, 2.24) is 0 Å². The van der Waals surface area contributed by atoms with Crippen LogP contribution in [0, 0.1) is 0 Å². The van der Waals surface area contributed by atoms with Crippen molar-refractivity contribution >= 4 is 18.4 Å². The first-order chi connectivity index (χ1) is 18.3. The zero-order valence-corrected chi connectivity index (χ0v) is 27.7. The van der Waals surface area contributed by atoms with Gasteiger partial charge in [-0.3, -0.25) is 9.98 Å². The van der Waals surface area contributed by atoms with E-state index in [0.29, 0.717) is 37.1 Å². The number of carbonyl (C=O) groups excluding carboxylic acids is 1. The third-order valence-corrected chi connectivity index (χ3v) is 4.08. The number of hydrogen-bond acceptors (Lipinski definition) is 12. The number of rotatable bonds is 10. The number of aliphatic hydroxyl groups excluding tert-OH is 2. The van der Waals surface area contributed by atoms with Crippen LogP contribution < -0.4 is 52.0 Å².